The second-order valence-corrected chi connectivity index (χ2v) is 6.96. The molecule has 0 amide bonds. The molecule has 0 spiro atoms. The van der Waals surface area contributed by atoms with Crippen molar-refractivity contribution in [1.82, 2.24) is 4.31 Å². The maximum absolute atomic E-state index is 13.9. The van der Waals surface area contributed by atoms with Gasteiger partial charge in [-0.25, -0.2) is 12.8 Å². The molecule has 1 aliphatic carbocycles. The minimum absolute atomic E-state index is 0.106. The second-order valence-electron chi connectivity index (χ2n) is 4.66. The van der Waals surface area contributed by atoms with E-state index in [4.69, 9.17) is 16.3 Å². The second kappa shape index (κ2) is 6.29. The lowest BCUT2D eigenvalue weighted by atomic mass is 10.3. The predicted octanol–water partition coefficient (Wildman–Crippen LogP) is 2.20. The minimum atomic E-state index is -4.10. The van der Waals surface area contributed by atoms with Gasteiger partial charge < -0.3 is 4.74 Å². The largest absolute Gasteiger partial charge is 0.465 e. The molecule has 1 fully saturated rings. The molecule has 1 aromatic carbocycles. The molecule has 0 saturated heterocycles. The quantitative estimate of drug-likeness (QED) is 0.748. The number of rotatable bonds is 6. The van der Waals surface area contributed by atoms with Crippen LogP contribution in [0.15, 0.2) is 23.1 Å². The highest BCUT2D eigenvalue weighted by Crippen LogP contribution is 2.33. The zero-order valence-corrected chi connectivity index (χ0v) is 13.0. The summed E-state index contributed by atoms with van der Waals surface area (Å²) in [4.78, 5) is 11.1. The van der Waals surface area contributed by atoms with E-state index in [-0.39, 0.29) is 17.7 Å². The predicted molar refractivity (Wildman–Crippen MR) is 75.0 cm³/mol. The van der Waals surface area contributed by atoms with Crippen LogP contribution in [0.25, 0.3) is 0 Å². The molecule has 5 nitrogen and oxygen atoms in total. The SMILES string of the molecule is CCOC(=O)CN(C1CC1)S(=O)(=O)c1ccc(Cl)cc1F. The number of esters is 1. The van der Waals surface area contributed by atoms with E-state index in [0.29, 0.717) is 12.8 Å². The summed E-state index contributed by atoms with van der Waals surface area (Å²) in [6, 6.07) is 3.05. The summed E-state index contributed by atoms with van der Waals surface area (Å²) in [6.45, 7) is 1.38. The van der Waals surface area contributed by atoms with Crippen molar-refractivity contribution < 1.29 is 22.3 Å². The van der Waals surface area contributed by atoms with Crippen LogP contribution in [0.4, 0.5) is 4.39 Å². The molecule has 0 aliphatic heterocycles. The standard InChI is InChI=1S/C13H15ClFNO4S/c1-2-20-13(17)8-16(10-4-5-10)21(18,19)12-6-3-9(14)7-11(12)15/h3,6-7,10H,2,4-5,8H2,1H3. The van der Waals surface area contributed by atoms with E-state index in [0.717, 1.165) is 16.4 Å². The van der Waals surface area contributed by atoms with Gasteiger partial charge in [0.1, 0.15) is 17.3 Å². The van der Waals surface area contributed by atoms with Gasteiger partial charge in [-0.15, -0.1) is 0 Å². The Morgan fingerprint density at radius 1 is 1.48 bits per heavy atom. The molecule has 0 N–H and O–H groups in total. The molecular formula is C13H15ClFNO4S. The molecule has 0 heterocycles. The summed E-state index contributed by atoms with van der Waals surface area (Å²) < 4.78 is 44.7. The normalized spacial score (nSPS) is 15.2. The number of halogens is 2. The zero-order chi connectivity index (χ0) is 15.6. The number of ether oxygens (including phenoxy) is 1. The van der Waals surface area contributed by atoms with E-state index < -0.39 is 33.3 Å². The van der Waals surface area contributed by atoms with Crippen molar-refractivity contribution in [1.29, 1.82) is 0 Å². The molecule has 0 unspecified atom stereocenters. The molecule has 1 aliphatic rings. The van der Waals surface area contributed by atoms with Gasteiger partial charge in [0.15, 0.2) is 0 Å². The number of sulfonamides is 1. The smallest absolute Gasteiger partial charge is 0.321 e. The molecule has 0 radical (unpaired) electrons. The monoisotopic (exact) mass is 335 g/mol. The summed E-state index contributed by atoms with van der Waals surface area (Å²) in [5, 5.41) is 0.106. The maximum Gasteiger partial charge on any atom is 0.321 e. The van der Waals surface area contributed by atoms with Crippen LogP contribution in [0, 0.1) is 5.82 Å². The van der Waals surface area contributed by atoms with Gasteiger partial charge in [0.05, 0.1) is 6.61 Å². The van der Waals surface area contributed by atoms with Crippen LogP contribution in [-0.2, 0) is 19.6 Å². The van der Waals surface area contributed by atoms with Crippen molar-refractivity contribution in [2.24, 2.45) is 0 Å². The van der Waals surface area contributed by atoms with Gasteiger partial charge in [-0.3, -0.25) is 4.79 Å². The maximum atomic E-state index is 13.9. The number of benzene rings is 1. The van der Waals surface area contributed by atoms with E-state index in [1.54, 1.807) is 6.92 Å². The minimum Gasteiger partial charge on any atom is -0.465 e. The van der Waals surface area contributed by atoms with E-state index in [1.165, 1.54) is 6.07 Å². The number of carbonyl (C=O) groups excluding carboxylic acids is 1. The van der Waals surface area contributed by atoms with Crippen LogP contribution < -0.4 is 0 Å². The highest BCUT2D eigenvalue weighted by atomic mass is 35.5. The lowest BCUT2D eigenvalue weighted by molar-refractivity contribution is -0.143. The molecule has 116 valence electrons. The zero-order valence-electron chi connectivity index (χ0n) is 11.4. The summed E-state index contributed by atoms with van der Waals surface area (Å²) >= 11 is 5.62. The number of hydrogen-bond acceptors (Lipinski definition) is 4. The van der Waals surface area contributed by atoms with Crippen LogP contribution in [0.1, 0.15) is 19.8 Å². The van der Waals surface area contributed by atoms with E-state index in [1.807, 2.05) is 0 Å². The molecule has 8 heteroatoms. The third kappa shape index (κ3) is 3.72. The Hall–Kier alpha value is -1.18. The number of hydrogen-bond donors (Lipinski definition) is 0. The molecule has 0 aromatic heterocycles. The molecule has 1 saturated carbocycles. The Balaban J connectivity index is 2.31. The lowest BCUT2D eigenvalue weighted by Crippen LogP contribution is -2.38. The Morgan fingerprint density at radius 2 is 2.14 bits per heavy atom. The van der Waals surface area contributed by atoms with Crippen molar-refractivity contribution in [3.05, 3.63) is 29.0 Å². The Kier molecular flexibility index (Phi) is 4.85. The summed E-state index contributed by atoms with van der Waals surface area (Å²) in [5.41, 5.74) is 0. The van der Waals surface area contributed by atoms with Gasteiger partial charge in [0.25, 0.3) is 0 Å². The van der Waals surface area contributed by atoms with E-state index >= 15 is 0 Å². The summed E-state index contributed by atoms with van der Waals surface area (Å²) in [6.07, 6.45) is 1.29. The molecule has 0 atom stereocenters. The Morgan fingerprint density at radius 3 is 2.67 bits per heavy atom. The third-order valence-corrected chi connectivity index (χ3v) is 5.19. The molecular weight excluding hydrogens is 321 g/mol. The molecule has 0 bridgehead atoms. The van der Waals surface area contributed by atoms with Crippen LogP contribution in [0.2, 0.25) is 5.02 Å². The molecule has 21 heavy (non-hydrogen) atoms. The van der Waals surface area contributed by atoms with Crippen molar-refractivity contribution in [2.75, 3.05) is 13.2 Å². The first-order chi connectivity index (χ1) is 9.86. The highest BCUT2D eigenvalue weighted by molar-refractivity contribution is 7.89. The van der Waals surface area contributed by atoms with Crippen molar-refractivity contribution in [2.45, 2.75) is 30.7 Å². The fourth-order valence-electron chi connectivity index (χ4n) is 1.92. The van der Waals surface area contributed by atoms with Crippen molar-refractivity contribution in [3.63, 3.8) is 0 Å². The van der Waals surface area contributed by atoms with Crippen LogP contribution in [-0.4, -0.2) is 37.9 Å². The third-order valence-electron chi connectivity index (χ3n) is 3.02. The number of carbonyl (C=O) groups is 1. The van der Waals surface area contributed by atoms with Gasteiger partial charge in [-0.2, -0.15) is 4.31 Å². The van der Waals surface area contributed by atoms with E-state index in [9.17, 15) is 17.6 Å². The Labute approximate surface area is 127 Å². The van der Waals surface area contributed by atoms with Gasteiger partial charge in [0.2, 0.25) is 10.0 Å². The molecule has 2 rings (SSSR count). The van der Waals surface area contributed by atoms with Crippen LogP contribution >= 0.6 is 11.6 Å². The van der Waals surface area contributed by atoms with Crippen LogP contribution in [0.5, 0.6) is 0 Å². The summed E-state index contributed by atoms with van der Waals surface area (Å²) in [7, 11) is -4.10. The first kappa shape index (κ1) is 16.2. The molecule has 1 aromatic rings. The fraction of sp³-hybridized carbons (Fsp3) is 0.462. The van der Waals surface area contributed by atoms with Gasteiger partial charge >= 0.3 is 5.97 Å². The van der Waals surface area contributed by atoms with E-state index in [2.05, 4.69) is 0 Å². The summed E-state index contributed by atoms with van der Waals surface area (Å²) in [5.74, 6) is -1.58. The first-order valence-electron chi connectivity index (χ1n) is 6.48. The van der Waals surface area contributed by atoms with Gasteiger partial charge in [-0.1, -0.05) is 11.6 Å². The highest BCUT2D eigenvalue weighted by Gasteiger charge is 2.40. The topological polar surface area (TPSA) is 63.7 Å². The fourth-order valence-corrected chi connectivity index (χ4v) is 3.75. The average molecular weight is 336 g/mol. The lowest BCUT2D eigenvalue weighted by Gasteiger charge is -2.21. The Bertz CT molecular complexity index is 646. The number of nitrogens with zero attached hydrogens (tertiary/aromatic N) is 1. The van der Waals surface area contributed by atoms with Gasteiger partial charge in [0, 0.05) is 11.1 Å². The van der Waals surface area contributed by atoms with Crippen molar-refractivity contribution >= 4 is 27.6 Å². The van der Waals surface area contributed by atoms with Crippen molar-refractivity contribution in [3.8, 4) is 0 Å². The first-order valence-corrected chi connectivity index (χ1v) is 8.30. The average Bonchev–Trinajstić information content (AvgIpc) is 3.19. The van der Waals surface area contributed by atoms with Crippen LogP contribution in [0.3, 0.4) is 0 Å². The van der Waals surface area contributed by atoms with Gasteiger partial charge in [-0.05, 0) is 38.0 Å².